The summed E-state index contributed by atoms with van der Waals surface area (Å²) in [4.78, 5) is 51.1. The number of hydrogen-bond donors (Lipinski definition) is 2. The number of nitrogens with zero attached hydrogens (tertiary/aromatic N) is 1. The second-order valence-electron chi connectivity index (χ2n) is 7.67. The number of hydrogen-bond acceptors (Lipinski definition) is 6. The lowest BCUT2D eigenvalue weighted by molar-refractivity contribution is -0.122. The molecule has 5 amide bonds. The first-order valence-corrected chi connectivity index (χ1v) is 12.2. The van der Waals surface area contributed by atoms with Crippen molar-refractivity contribution in [3.8, 4) is 11.5 Å². The number of benzene rings is 3. The molecule has 1 heterocycles. The van der Waals surface area contributed by atoms with E-state index < -0.39 is 17.8 Å². The first-order valence-electron chi connectivity index (χ1n) is 10.8. The lowest BCUT2D eigenvalue weighted by atomic mass is 10.1. The molecule has 3 aromatic rings. The fraction of sp³-hybridized carbons (Fsp3) is 0.0769. The fourth-order valence-corrected chi connectivity index (χ4v) is 4.38. The molecule has 0 spiro atoms. The summed E-state index contributed by atoms with van der Waals surface area (Å²) in [7, 11) is 1.43. The molecule has 0 aliphatic carbocycles. The quantitative estimate of drug-likeness (QED) is 0.223. The molecule has 0 atom stereocenters. The zero-order valence-electron chi connectivity index (χ0n) is 19.3. The van der Waals surface area contributed by atoms with Gasteiger partial charge in [0.15, 0.2) is 18.1 Å². The molecule has 2 N–H and O–H groups in total. The van der Waals surface area contributed by atoms with E-state index in [0.29, 0.717) is 31.3 Å². The number of imide groups is 2. The number of rotatable bonds is 7. The Morgan fingerprint density at radius 3 is 2.46 bits per heavy atom. The van der Waals surface area contributed by atoms with Crippen molar-refractivity contribution in [2.75, 3.05) is 23.9 Å². The average molecular weight is 632 g/mol. The zero-order chi connectivity index (χ0) is 26.5. The molecule has 9 nitrogen and oxygen atoms in total. The van der Waals surface area contributed by atoms with Gasteiger partial charge >= 0.3 is 6.03 Å². The number of nitrogens with one attached hydrogen (secondary N) is 2. The SMILES string of the molecule is COc1cc(/C=C2\C(=O)NC(=O)N(c3ccc(Cl)cc3)C2=O)cc(I)c1OCC(=O)Nc1ccccc1. The highest BCUT2D eigenvalue weighted by atomic mass is 127. The molecule has 4 rings (SSSR count). The molecule has 0 radical (unpaired) electrons. The molecule has 1 aliphatic heterocycles. The van der Waals surface area contributed by atoms with Crippen molar-refractivity contribution in [3.05, 3.63) is 86.5 Å². The zero-order valence-corrected chi connectivity index (χ0v) is 22.2. The van der Waals surface area contributed by atoms with Crippen LogP contribution in [-0.4, -0.2) is 37.5 Å². The second-order valence-corrected chi connectivity index (χ2v) is 9.27. The van der Waals surface area contributed by atoms with Crippen molar-refractivity contribution in [2.24, 2.45) is 0 Å². The standard InChI is InChI=1S/C26H19ClIN3O6/c1-36-21-13-15(12-20(28)23(21)37-14-22(32)29-17-5-3-2-4-6-17)11-19-24(33)30-26(35)31(25(19)34)18-9-7-16(27)8-10-18/h2-13H,14H2,1H3,(H,29,32)(H,30,33,35)/b19-11+. The van der Waals surface area contributed by atoms with Gasteiger partial charge in [-0.1, -0.05) is 29.8 Å². The van der Waals surface area contributed by atoms with Gasteiger partial charge < -0.3 is 14.8 Å². The van der Waals surface area contributed by atoms with Gasteiger partial charge in [-0.15, -0.1) is 0 Å². The number of halogens is 2. The van der Waals surface area contributed by atoms with Crippen molar-refractivity contribution < 1.29 is 28.7 Å². The molecule has 37 heavy (non-hydrogen) atoms. The Kier molecular flexibility index (Phi) is 8.09. The van der Waals surface area contributed by atoms with Crippen molar-refractivity contribution >= 4 is 75.4 Å². The number of ether oxygens (including phenoxy) is 2. The Hall–Kier alpha value is -3.90. The molecule has 1 saturated heterocycles. The number of methoxy groups -OCH3 is 1. The largest absolute Gasteiger partial charge is 0.493 e. The van der Waals surface area contributed by atoms with Gasteiger partial charge in [0.2, 0.25) is 0 Å². The molecule has 3 aromatic carbocycles. The van der Waals surface area contributed by atoms with E-state index in [2.05, 4.69) is 10.6 Å². The lowest BCUT2D eigenvalue weighted by Crippen LogP contribution is -2.54. The molecule has 0 unspecified atom stereocenters. The van der Waals surface area contributed by atoms with E-state index in [1.165, 1.54) is 37.5 Å². The number of carbonyl (C=O) groups is 4. The van der Waals surface area contributed by atoms with Gasteiger partial charge in [-0.05, 0) is 82.8 Å². The molecule has 11 heteroatoms. The van der Waals surface area contributed by atoms with Crippen LogP contribution < -0.4 is 25.0 Å². The van der Waals surface area contributed by atoms with Gasteiger partial charge in [-0.2, -0.15) is 0 Å². The summed E-state index contributed by atoms with van der Waals surface area (Å²) in [5, 5.41) is 5.34. The third kappa shape index (κ3) is 6.09. The Morgan fingerprint density at radius 2 is 1.78 bits per heavy atom. The minimum Gasteiger partial charge on any atom is -0.493 e. The van der Waals surface area contributed by atoms with Crippen LogP contribution in [0, 0.1) is 3.57 Å². The first kappa shape index (κ1) is 26.2. The number of urea groups is 1. The fourth-order valence-electron chi connectivity index (χ4n) is 3.47. The predicted octanol–water partition coefficient (Wildman–Crippen LogP) is 4.64. The van der Waals surface area contributed by atoms with Gasteiger partial charge in [0, 0.05) is 10.7 Å². The number of carbonyl (C=O) groups excluding carboxylic acids is 4. The molecule has 0 bridgehead atoms. The Balaban J connectivity index is 1.56. The minimum atomic E-state index is -0.862. The summed E-state index contributed by atoms with van der Waals surface area (Å²) < 4.78 is 11.7. The molecule has 0 aromatic heterocycles. The van der Waals surface area contributed by atoms with Crippen LogP contribution >= 0.6 is 34.2 Å². The van der Waals surface area contributed by atoms with Gasteiger partial charge in [0.25, 0.3) is 17.7 Å². The van der Waals surface area contributed by atoms with E-state index in [9.17, 15) is 19.2 Å². The minimum absolute atomic E-state index is 0.247. The highest BCUT2D eigenvalue weighted by Gasteiger charge is 2.36. The molecule has 188 valence electrons. The summed E-state index contributed by atoms with van der Waals surface area (Å²) in [6.07, 6.45) is 1.35. The van der Waals surface area contributed by atoms with Crippen LogP contribution in [0.5, 0.6) is 11.5 Å². The van der Waals surface area contributed by atoms with Gasteiger partial charge in [0.05, 0.1) is 16.4 Å². The van der Waals surface area contributed by atoms with Crippen LogP contribution in [0.3, 0.4) is 0 Å². The maximum Gasteiger partial charge on any atom is 0.335 e. The van der Waals surface area contributed by atoms with E-state index >= 15 is 0 Å². The summed E-state index contributed by atoms with van der Waals surface area (Å²) in [6.45, 7) is -0.263. The van der Waals surface area contributed by atoms with E-state index in [-0.39, 0.29) is 23.8 Å². The lowest BCUT2D eigenvalue weighted by Gasteiger charge is -2.26. The molecule has 0 saturated carbocycles. The highest BCUT2D eigenvalue weighted by molar-refractivity contribution is 14.1. The van der Waals surface area contributed by atoms with Crippen LogP contribution in [0.1, 0.15) is 5.56 Å². The monoisotopic (exact) mass is 631 g/mol. The first-order chi connectivity index (χ1) is 17.8. The maximum atomic E-state index is 13.1. The Bertz CT molecular complexity index is 1410. The molecule has 1 fully saturated rings. The Morgan fingerprint density at radius 1 is 1.08 bits per heavy atom. The number of barbiturate groups is 1. The number of anilines is 2. The van der Waals surface area contributed by atoms with E-state index in [1.807, 2.05) is 28.7 Å². The van der Waals surface area contributed by atoms with Gasteiger partial charge in [0.1, 0.15) is 5.57 Å². The molecular formula is C26H19ClIN3O6. The summed E-state index contributed by atoms with van der Waals surface area (Å²) in [6, 6.07) is 17.4. The molecule has 1 aliphatic rings. The number of amides is 5. The van der Waals surface area contributed by atoms with E-state index in [0.717, 1.165) is 4.90 Å². The van der Waals surface area contributed by atoms with Crippen molar-refractivity contribution in [3.63, 3.8) is 0 Å². The van der Waals surface area contributed by atoms with Gasteiger partial charge in [-0.25, -0.2) is 9.69 Å². The van der Waals surface area contributed by atoms with Crippen molar-refractivity contribution in [1.82, 2.24) is 5.32 Å². The maximum absolute atomic E-state index is 13.1. The molecular weight excluding hydrogens is 613 g/mol. The van der Waals surface area contributed by atoms with Crippen molar-refractivity contribution in [1.29, 1.82) is 0 Å². The summed E-state index contributed by atoms with van der Waals surface area (Å²) >= 11 is 7.90. The summed E-state index contributed by atoms with van der Waals surface area (Å²) in [5.41, 5.74) is 1.10. The normalized spacial score (nSPS) is 14.4. The third-order valence-electron chi connectivity index (χ3n) is 5.15. The second kappa shape index (κ2) is 11.4. The average Bonchev–Trinajstić information content (AvgIpc) is 2.87. The smallest absolute Gasteiger partial charge is 0.335 e. The summed E-state index contributed by atoms with van der Waals surface area (Å²) in [5.74, 6) is -1.35. The van der Waals surface area contributed by atoms with Crippen LogP contribution in [-0.2, 0) is 14.4 Å². The van der Waals surface area contributed by atoms with Gasteiger partial charge in [-0.3, -0.25) is 19.7 Å². The predicted molar refractivity (Wildman–Crippen MR) is 147 cm³/mol. The van der Waals surface area contributed by atoms with E-state index in [1.54, 1.807) is 36.4 Å². The third-order valence-corrected chi connectivity index (χ3v) is 6.21. The van der Waals surface area contributed by atoms with Crippen molar-refractivity contribution in [2.45, 2.75) is 0 Å². The number of para-hydroxylation sites is 1. The topological polar surface area (TPSA) is 114 Å². The van der Waals surface area contributed by atoms with Crippen LogP contribution in [0.25, 0.3) is 6.08 Å². The highest BCUT2D eigenvalue weighted by Crippen LogP contribution is 2.35. The van der Waals surface area contributed by atoms with Crippen LogP contribution in [0.2, 0.25) is 5.02 Å². The van der Waals surface area contributed by atoms with Crippen LogP contribution in [0.4, 0.5) is 16.2 Å². The van der Waals surface area contributed by atoms with Crippen LogP contribution in [0.15, 0.2) is 72.3 Å². The van der Waals surface area contributed by atoms with E-state index in [4.69, 9.17) is 21.1 Å². The Labute approximate surface area is 230 Å².